The number of alkyl halides is 6. The Labute approximate surface area is 200 Å². The van der Waals surface area contributed by atoms with Gasteiger partial charge in [-0.15, -0.1) is 13.2 Å². The Morgan fingerprint density at radius 1 is 1.09 bits per heavy atom. The zero-order chi connectivity index (χ0) is 25.5. The van der Waals surface area contributed by atoms with Crippen LogP contribution in [0.3, 0.4) is 0 Å². The van der Waals surface area contributed by atoms with Crippen LogP contribution >= 0.6 is 11.6 Å². The van der Waals surface area contributed by atoms with Gasteiger partial charge in [0.2, 0.25) is 0 Å². The minimum absolute atomic E-state index is 0.00389. The van der Waals surface area contributed by atoms with Gasteiger partial charge in [0, 0.05) is 30.2 Å². The molecule has 3 aromatic rings. The molecule has 186 valence electrons. The molecule has 0 saturated carbocycles. The Morgan fingerprint density at radius 2 is 1.71 bits per heavy atom. The van der Waals surface area contributed by atoms with Crippen molar-refractivity contribution in [1.82, 2.24) is 9.78 Å². The highest BCUT2D eigenvalue weighted by atomic mass is 35.5. The molecule has 1 aliphatic rings. The standard InChI is InChI=1S/C22H17ClF6N4O2/c1-32(14-6-8-15(9-7-14)35-22(27,28)29)20(34)17-11-19-30-16(12-2-4-13(23)5-3-12)10-18(21(24,25)26)33(19)31-17/h2-9,11,16,18,30H,10H2,1H3/t16-,18+/m0/s1. The van der Waals surface area contributed by atoms with Gasteiger partial charge in [0.05, 0.1) is 6.04 Å². The summed E-state index contributed by atoms with van der Waals surface area (Å²) in [5.41, 5.74) is 0.508. The third kappa shape index (κ3) is 5.47. The molecule has 0 spiro atoms. The molecular formula is C22H17ClF6N4O2. The molecule has 4 rings (SSSR count). The lowest BCUT2D eigenvalue weighted by Crippen LogP contribution is -2.35. The maximum Gasteiger partial charge on any atom is 0.573 e. The smallest absolute Gasteiger partial charge is 0.406 e. The zero-order valence-electron chi connectivity index (χ0n) is 17.9. The third-order valence-corrected chi connectivity index (χ3v) is 5.70. The highest BCUT2D eigenvalue weighted by molar-refractivity contribution is 6.30. The van der Waals surface area contributed by atoms with Gasteiger partial charge in [-0.25, -0.2) is 4.68 Å². The van der Waals surface area contributed by atoms with Crippen molar-refractivity contribution in [2.24, 2.45) is 0 Å². The minimum atomic E-state index is -4.87. The van der Waals surface area contributed by atoms with Crippen molar-refractivity contribution < 1.29 is 35.9 Å². The summed E-state index contributed by atoms with van der Waals surface area (Å²) < 4.78 is 83.1. The van der Waals surface area contributed by atoms with Crippen molar-refractivity contribution >= 4 is 29.0 Å². The highest BCUT2D eigenvalue weighted by Crippen LogP contribution is 2.44. The van der Waals surface area contributed by atoms with Crippen LogP contribution in [0.25, 0.3) is 0 Å². The molecule has 2 aromatic carbocycles. The summed E-state index contributed by atoms with van der Waals surface area (Å²) in [5, 5.41) is 7.32. The molecule has 2 atom stereocenters. The first-order chi connectivity index (χ1) is 16.3. The molecule has 0 aliphatic carbocycles. The van der Waals surface area contributed by atoms with Crippen molar-refractivity contribution in [3.63, 3.8) is 0 Å². The quantitative estimate of drug-likeness (QED) is 0.408. The van der Waals surface area contributed by atoms with E-state index in [0.717, 1.165) is 21.7 Å². The second-order valence-electron chi connectivity index (χ2n) is 7.81. The van der Waals surface area contributed by atoms with Crippen molar-refractivity contribution in [1.29, 1.82) is 0 Å². The van der Waals surface area contributed by atoms with Crippen molar-refractivity contribution in [3.05, 3.63) is 70.9 Å². The summed E-state index contributed by atoms with van der Waals surface area (Å²) in [6.07, 6.45) is -9.86. The fraction of sp³-hybridized carbons (Fsp3) is 0.273. The van der Waals surface area contributed by atoms with Gasteiger partial charge in [0.1, 0.15) is 11.6 Å². The van der Waals surface area contributed by atoms with Gasteiger partial charge in [0.25, 0.3) is 5.91 Å². The van der Waals surface area contributed by atoms with Crippen LogP contribution in [0.5, 0.6) is 5.75 Å². The predicted octanol–water partition coefficient (Wildman–Crippen LogP) is 6.37. The van der Waals surface area contributed by atoms with E-state index in [2.05, 4.69) is 15.2 Å². The molecule has 6 nitrogen and oxygen atoms in total. The van der Waals surface area contributed by atoms with E-state index in [1.54, 1.807) is 24.3 Å². The van der Waals surface area contributed by atoms with Gasteiger partial charge >= 0.3 is 12.5 Å². The van der Waals surface area contributed by atoms with E-state index in [1.807, 2.05) is 0 Å². The van der Waals surface area contributed by atoms with E-state index in [1.165, 1.54) is 25.2 Å². The number of benzene rings is 2. The molecule has 2 heterocycles. The summed E-state index contributed by atoms with van der Waals surface area (Å²) >= 11 is 5.87. The molecule has 0 radical (unpaired) electrons. The Hall–Kier alpha value is -3.41. The molecule has 1 N–H and O–H groups in total. The molecule has 0 fully saturated rings. The van der Waals surface area contributed by atoms with Gasteiger partial charge < -0.3 is 15.0 Å². The lowest BCUT2D eigenvalue weighted by atomic mass is 9.97. The third-order valence-electron chi connectivity index (χ3n) is 5.44. The largest absolute Gasteiger partial charge is 0.573 e. The van der Waals surface area contributed by atoms with E-state index in [4.69, 9.17) is 11.6 Å². The number of amides is 1. The normalized spacial score (nSPS) is 17.9. The van der Waals surface area contributed by atoms with Crippen molar-refractivity contribution in [3.8, 4) is 5.75 Å². The van der Waals surface area contributed by atoms with Crippen molar-refractivity contribution in [2.45, 2.75) is 31.0 Å². The second kappa shape index (κ2) is 8.99. The first-order valence-electron chi connectivity index (χ1n) is 10.1. The van der Waals surface area contributed by atoms with Crippen molar-refractivity contribution in [2.75, 3.05) is 17.3 Å². The van der Waals surface area contributed by atoms with Gasteiger partial charge in [-0.05, 0) is 42.0 Å². The Kier molecular flexibility index (Phi) is 6.34. The number of anilines is 2. The van der Waals surface area contributed by atoms with E-state index in [-0.39, 0.29) is 23.6 Å². The lowest BCUT2D eigenvalue weighted by Gasteiger charge is -2.33. The number of nitrogens with zero attached hydrogens (tertiary/aromatic N) is 3. The summed E-state index contributed by atoms with van der Waals surface area (Å²) in [7, 11) is 1.32. The first kappa shape index (κ1) is 24.7. The Bertz CT molecular complexity index is 1210. The average molecular weight is 519 g/mol. The maximum absolute atomic E-state index is 13.9. The van der Waals surface area contributed by atoms with E-state index >= 15 is 0 Å². The highest BCUT2D eigenvalue weighted by Gasteiger charge is 2.47. The van der Waals surface area contributed by atoms with Crippen LogP contribution in [0, 0.1) is 0 Å². The van der Waals surface area contributed by atoms with E-state index < -0.39 is 36.3 Å². The summed E-state index contributed by atoms with van der Waals surface area (Å²) in [4.78, 5) is 14.0. The molecular weight excluding hydrogens is 502 g/mol. The molecule has 13 heteroatoms. The summed E-state index contributed by atoms with van der Waals surface area (Å²) in [5.74, 6) is -1.23. The van der Waals surface area contributed by atoms with Gasteiger partial charge in [-0.3, -0.25) is 4.79 Å². The fourth-order valence-electron chi connectivity index (χ4n) is 3.75. The van der Waals surface area contributed by atoms with Gasteiger partial charge in [-0.1, -0.05) is 23.7 Å². The average Bonchev–Trinajstić information content (AvgIpc) is 3.21. The van der Waals surface area contributed by atoms with E-state index in [9.17, 15) is 31.1 Å². The molecule has 0 unspecified atom stereocenters. The molecule has 1 aromatic heterocycles. The number of rotatable bonds is 4. The van der Waals surface area contributed by atoms with E-state index in [0.29, 0.717) is 10.6 Å². The van der Waals surface area contributed by atoms with Crippen LogP contribution in [0.4, 0.5) is 37.8 Å². The number of nitrogens with one attached hydrogen (secondary N) is 1. The van der Waals surface area contributed by atoms with Crippen LogP contribution in [-0.2, 0) is 0 Å². The number of hydrogen-bond donors (Lipinski definition) is 1. The number of carbonyl (C=O) groups excluding carboxylic acids is 1. The molecule has 0 bridgehead atoms. The van der Waals surface area contributed by atoms with Crippen LogP contribution in [-0.4, -0.2) is 35.3 Å². The second-order valence-corrected chi connectivity index (χ2v) is 8.24. The lowest BCUT2D eigenvalue weighted by molar-refractivity contribution is -0.274. The number of hydrogen-bond acceptors (Lipinski definition) is 4. The van der Waals surface area contributed by atoms with Crippen LogP contribution in [0.1, 0.15) is 34.6 Å². The number of ether oxygens (including phenoxy) is 1. The zero-order valence-corrected chi connectivity index (χ0v) is 18.6. The fourth-order valence-corrected chi connectivity index (χ4v) is 3.88. The number of halogens is 7. The predicted molar refractivity (Wildman–Crippen MR) is 116 cm³/mol. The SMILES string of the molecule is CN(C(=O)c1cc2n(n1)[C@@H](C(F)(F)F)C[C@@H](c1ccc(Cl)cc1)N2)c1ccc(OC(F)(F)F)cc1. The number of aromatic nitrogens is 2. The summed E-state index contributed by atoms with van der Waals surface area (Å²) in [6.45, 7) is 0. The monoisotopic (exact) mass is 518 g/mol. The Morgan fingerprint density at radius 3 is 2.29 bits per heavy atom. The number of fused-ring (bicyclic) bond motifs is 1. The van der Waals surface area contributed by atoms with Crippen LogP contribution in [0.15, 0.2) is 54.6 Å². The molecule has 35 heavy (non-hydrogen) atoms. The Balaban J connectivity index is 1.59. The summed E-state index contributed by atoms with van der Waals surface area (Å²) in [6, 6.07) is 9.35. The maximum atomic E-state index is 13.9. The van der Waals surface area contributed by atoms with Crippen LogP contribution < -0.4 is 15.0 Å². The molecule has 1 amide bonds. The van der Waals surface area contributed by atoms with Gasteiger partial charge in [0.15, 0.2) is 11.7 Å². The van der Waals surface area contributed by atoms with Crippen LogP contribution in [0.2, 0.25) is 5.02 Å². The first-order valence-corrected chi connectivity index (χ1v) is 10.5. The van der Waals surface area contributed by atoms with Gasteiger partial charge in [-0.2, -0.15) is 18.3 Å². The topological polar surface area (TPSA) is 59.4 Å². The molecule has 0 saturated heterocycles. The number of carbonyl (C=O) groups is 1. The molecule has 1 aliphatic heterocycles. The minimum Gasteiger partial charge on any atom is -0.406 e.